The lowest BCUT2D eigenvalue weighted by atomic mass is 9.86. The highest BCUT2D eigenvalue weighted by atomic mass is 32.2. The van der Waals surface area contributed by atoms with E-state index in [9.17, 15) is 31.6 Å². The predicted molar refractivity (Wildman–Crippen MR) is 349 cm³/mol. The molecule has 496 valence electrons. The molecule has 3 amide bonds. The van der Waals surface area contributed by atoms with Crippen molar-refractivity contribution >= 4 is 93.8 Å². The molecule has 6 heterocycles. The van der Waals surface area contributed by atoms with Gasteiger partial charge in [0.15, 0.2) is 22.0 Å². The van der Waals surface area contributed by atoms with Crippen LogP contribution in [-0.2, 0) is 40.3 Å². The Kier molecular flexibility index (Phi) is 22.3. The van der Waals surface area contributed by atoms with Crippen LogP contribution in [0.3, 0.4) is 0 Å². The van der Waals surface area contributed by atoms with E-state index in [0.29, 0.717) is 44.1 Å². The topological polar surface area (TPSA) is 280 Å². The maximum atomic E-state index is 15.8. The molecule has 22 nitrogen and oxygen atoms in total. The van der Waals surface area contributed by atoms with Crippen molar-refractivity contribution in [2.24, 2.45) is 27.6 Å². The van der Waals surface area contributed by atoms with Crippen molar-refractivity contribution < 1.29 is 63.9 Å². The SMILES string of the molecule is CCOc1cnc(/C(F)=C/c2cnc(F)c([C@@]3(C)N=C(N(COCC[Si](C)(C)C)C(=O)OC(C)(C)C)S[C@@]4(C(=O)N(C)C)C[C@H]43)c2)cn1.CCOc1cnc(/C(F)=C/c2cnc(F)c([C@@]3(C)N=C(N)S[C@@]4(C(=O)N(C)C)C[C@H]43)c2)cn1.Cc1ccc(S(=O)(=O)O)cc1. The molecule has 0 radical (unpaired) electrons. The summed E-state index contributed by atoms with van der Waals surface area (Å²) in [7, 11) is 1.20. The number of thioether (sulfide) groups is 2. The minimum Gasteiger partial charge on any atom is -0.477 e. The lowest BCUT2D eigenvalue weighted by Gasteiger charge is -2.38. The number of amidine groups is 2. The number of nitrogens with zero attached hydrogens (tertiary/aromatic N) is 11. The number of amides is 3. The minimum atomic E-state index is -4.02. The summed E-state index contributed by atoms with van der Waals surface area (Å²) in [4.78, 5) is 77.8. The highest BCUT2D eigenvalue weighted by molar-refractivity contribution is 8.16. The third-order valence-corrected chi connectivity index (χ3v) is 20.4. The first-order valence-corrected chi connectivity index (χ1v) is 36.0. The van der Waals surface area contributed by atoms with Gasteiger partial charge in [-0.2, -0.15) is 17.2 Å². The number of aliphatic imine (C=N–C) groups is 2. The summed E-state index contributed by atoms with van der Waals surface area (Å²) in [6, 6.07) is 9.81. The number of pyridine rings is 2. The van der Waals surface area contributed by atoms with Gasteiger partial charge in [-0.05, 0) is 122 Å². The van der Waals surface area contributed by atoms with Crippen LogP contribution < -0.4 is 15.2 Å². The van der Waals surface area contributed by atoms with Gasteiger partial charge < -0.3 is 34.5 Å². The van der Waals surface area contributed by atoms with Crippen LogP contribution in [0, 0.1) is 30.7 Å². The molecule has 6 atom stereocenters. The molecule has 30 heteroatoms. The first-order chi connectivity index (χ1) is 42.9. The van der Waals surface area contributed by atoms with E-state index in [0.717, 1.165) is 23.4 Å². The molecule has 1 aromatic carbocycles. The van der Waals surface area contributed by atoms with Gasteiger partial charge in [0.2, 0.25) is 35.5 Å². The van der Waals surface area contributed by atoms with E-state index in [1.807, 2.05) is 6.92 Å². The number of aromatic nitrogens is 6. The number of rotatable bonds is 18. The van der Waals surface area contributed by atoms with Crippen molar-refractivity contribution in [3.63, 3.8) is 0 Å². The minimum absolute atomic E-state index is 0.00432. The third kappa shape index (κ3) is 17.1. The Morgan fingerprint density at radius 1 is 0.728 bits per heavy atom. The van der Waals surface area contributed by atoms with Crippen molar-refractivity contribution in [2.75, 3.05) is 54.7 Å². The number of nitrogens with two attached hydrogens (primary N) is 1. The Morgan fingerprint density at radius 3 is 1.59 bits per heavy atom. The van der Waals surface area contributed by atoms with Crippen LogP contribution in [0.15, 0.2) is 88.5 Å². The van der Waals surface area contributed by atoms with Crippen molar-refractivity contribution in [3.05, 3.63) is 125 Å². The molecule has 2 aliphatic heterocycles. The maximum absolute atomic E-state index is 15.8. The molecule has 2 fully saturated rings. The molecular formula is C62H78F4N12O10S3Si. The zero-order valence-corrected chi connectivity index (χ0v) is 57.5. The summed E-state index contributed by atoms with van der Waals surface area (Å²) < 4.78 is 111. The molecule has 0 saturated heterocycles. The largest absolute Gasteiger partial charge is 0.477 e. The van der Waals surface area contributed by atoms with Gasteiger partial charge in [0, 0.05) is 78.2 Å². The highest BCUT2D eigenvalue weighted by Gasteiger charge is 2.73. The standard InChI is InChI=1S/C33H46F2N6O5SSi.C22H24F2N6O2S.C7H8O3S/c1-11-45-26-19-36-24(18-37-26)23(34)15-21-14-22(27(35)38-17-21)32(5)25-16-33(25,28(42)40(6)7)47-29(39-32)41(30(43)46-31(2,3)4)20-44-12-13-48(8,9)10;1-5-32-17-11-26-15(10-27-17)14(23)7-12-6-13(18(24)28-9-12)21(2)16-8-22(16,19(31)30(3)4)33-20(25)29-21;1-6-2-4-7(5-3-6)11(8,9)10/h14-15,17-19,25H,11-13,16,20H2,1-10H3;6-7,9-11,16H,5,8H2,1-4H3,(H2,25,29);2-5H,1H3,(H,8,9,10)/b23-15-;14-7-;/t25-,32+,33-;16-,21+,22-;/m00./s1. The number of ether oxygens (including phenoxy) is 4. The van der Waals surface area contributed by atoms with E-state index in [2.05, 4.69) is 54.5 Å². The van der Waals surface area contributed by atoms with E-state index in [1.165, 1.54) is 100 Å². The van der Waals surface area contributed by atoms with Gasteiger partial charge >= 0.3 is 6.09 Å². The average molecular weight is 1350 g/mol. The van der Waals surface area contributed by atoms with Crippen LogP contribution in [0.1, 0.15) is 101 Å². The zero-order chi connectivity index (χ0) is 68.1. The number of aryl methyl sites for hydroxylation is 1. The molecule has 3 N–H and O–H groups in total. The normalized spacial score (nSPS) is 22.5. The zero-order valence-electron chi connectivity index (χ0n) is 54.0. The van der Waals surface area contributed by atoms with Crippen molar-refractivity contribution in [1.29, 1.82) is 0 Å². The van der Waals surface area contributed by atoms with E-state index in [1.54, 1.807) is 88.8 Å². The lowest BCUT2D eigenvalue weighted by Crippen LogP contribution is -2.48. The van der Waals surface area contributed by atoms with E-state index in [-0.39, 0.29) is 73.7 Å². The fourth-order valence-electron chi connectivity index (χ4n) is 10.2. The summed E-state index contributed by atoms with van der Waals surface area (Å²) in [5, 5.41) is 0.373. The van der Waals surface area contributed by atoms with E-state index in [4.69, 9.17) is 34.2 Å². The number of halogens is 4. The summed E-state index contributed by atoms with van der Waals surface area (Å²) in [6.45, 7) is 21.9. The van der Waals surface area contributed by atoms with Crippen molar-refractivity contribution in [2.45, 2.75) is 125 Å². The second kappa shape index (κ2) is 28.5. The molecule has 9 rings (SSSR count). The Morgan fingerprint density at radius 2 is 1.18 bits per heavy atom. The van der Waals surface area contributed by atoms with Crippen LogP contribution in [0.2, 0.25) is 25.7 Å². The Hall–Kier alpha value is -7.38. The molecule has 2 saturated carbocycles. The van der Waals surface area contributed by atoms with Gasteiger partial charge in [-0.15, -0.1) is 0 Å². The second-order valence-electron chi connectivity index (χ2n) is 25.1. The number of hydrogen-bond donors (Lipinski definition) is 2. The first-order valence-electron chi connectivity index (χ1n) is 29.3. The fourth-order valence-corrected chi connectivity index (χ4v) is 14.7. The second-order valence-corrected chi connectivity index (χ2v) is 34.8. The molecule has 5 aromatic rings. The van der Waals surface area contributed by atoms with Gasteiger partial charge in [0.25, 0.3) is 10.1 Å². The van der Waals surface area contributed by atoms with Crippen molar-refractivity contribution in [1.82, 2.24) is 44.6 Å². The first kappa shape index (κ1) is 72.0. The molecule has 0 spiro atoms. The van der Waals surface area contributed by atoms with Crippen LogP contribution in [0.4, 0.5) is 22.4 Å². The average Bonchev–Trinajstić information content (AvgIpc) is 1.53. The Balaban J connectivity index is 0.000000233. The fraction of sp³-hybridized carbons (Fsp3) is 0.468. The smallest absolute Gasteiger partial charge is 0.418 e. The van der Waals surface area contributed by atoms with Crippen LogP contribution in [0.5, 0.6) is 11.8 Å². The predicted octanol–water partition coefficient (Wildman–Crippen LogP) is 10.8. The van der Waals surface area contributed by atoms with Gasteiger partial charge in [0.05, 0.1) is 54.0 Å². The molecule has 4 aliphatic rings. The number of carbonyl (C=O) groups is 3. The number of benzene rings is 1. The number of fused-ring (bicyclic) bond motifs is 2. The maximum Gasteiger partial charge on any atom is 0.418 e. The van der Waals surface area contributed by atoms with Crippen molar-refractivity contribution in [3.8, 4) is 11.8 Å². The summed E-state index contributed by atoms with van der Waals surface area (Å²) in [6.07, 6.45) is 10.1. The van der Waals surface area contributed by atoms with Crippen LogP contribution >= 0.6 is 23.5 Å². The monoisotopic (exact) mass is 1350 g/mol. The number of hydrogen-bond acceptors (Lipinski definition) is 20. The van der Waals surface area contributed by atoms with Crippen LogP contribution in [-0.4, -0.2) is 164 Å². The quantitative estimate of drug-likeness (QED) is 0.0206. The third-order valence-electron chi connectivity index (χ3n) is 15.1. The van der Waals surface area contributed by atoms with Gasteiger partial charge in [0.1, 0.15) is 33.2 Å². The molecule has 0 bridgehead atoms. The Labute approximate surface area is 543 Å². The molecule has 4 aromatic heterocycles. The summed E-state index contributed by atoms with van der Waals surface area (Å²) in [5.41, 5.74) is 4.47. The van der Waals surface area contributed by atoms with Crippen LogP contribution in [0.25, 0.3) is 23.8 Å². The van der Waals surface area contributed by atoms with E-state index >= 15 is 8.78 Å². The molecular weight excluding hydrogens is 1270 g/mol. The highest BCUT2D eigenvalue weighted by Crippen LogP contribution is 2.68. The summed E-state index contributed by atoms with van der Waals surface area (Å²) in [5.74, 6) is -3.38. The van der Waals surface area contributed by atoms with Gasteiger partial charge in [-0.3, -0.25) is 24.1 Å². The number of carbonyl (C=O) groups excluding carboxylic acids is 3. The molecule has 92 heavy (non-hydrogen) atoms. The lowest BCUT2D eigenvalue weighted by molar-refractivity contribution is -0.130. The summed E-state index contributed by atoms with van der Waals surface area (Å²) >= 11 is 2.38. The van der Waals surface area contributed by atoms with Gasteiger partial charge in [-0.1, -0.05) is 60.9 Å². The Bertz CT molecular complexity index is 3790. The van der Waals surface area contributed by atoms with E-state index < -0.39 is 79.9 Å². The molecule has 0 unspecified atom stereocenters. The van der Waals surface area contributed by atoms with Gasteiger partial charge in [-0.25, -0.2) is 48.4 Å². The molecule has 2 aliphatic carbocycles.